The normalized spacial score (nSPS) is 12.6. The number of hydrogen-bond acceptors (Lipinski definition) is 6. The summed E-state index contributed by atoms with van der Waals surface area (Å²) in [5.41, 5.74) is 0.976. The van der Waals surface area contributed by atoms with E-state index in [4.69, 9.17) is 4.74 Å². The van der Waals surface area contributed by atoms with Crippen LogP contribution in [-0.2, 0) is 10.5 Å². The number of thioether (sulfide) groups is 2. The van der Waals surface area contributed by atoms with Gasteiger partial charge in [-0.25, -0.2) is 8.78 Å². The van der Waals surface area contributed by atoms with Crippen molar-refractivity contribution in [1.82, 2.24) is 10.3 Å². The summed E-state index contributed by atoms with van der Waals surface area (Å²) in [6, 6.07) is 9.66. The summed E-state index contributed by atoms with van der Waals surface area (Å²) in [6.07, 6.45) is 2.59. The summed E-state index contributed by atoms with van der Waals surface area (Å²) in [7, 11) is 0. The molecule has 0 aliphatic heterocycles. The third kappa shape index (κ3) is 9.59. The monoisotopic (exact) mass is 466 g/mol. The molecule has 166 valence electrons. The van der Waals surface area contributed by atoms with Gasteiger partial charge in [0.2, 0.25) is 0 Å². The Morgan fingerprint density at radius 1 is 1.29 bits per heavy atom. The Morgan fingerprint density at radius 2 is 2.06 bits per heavy atom. The molecule has 1 unspecified atom stereocenters. The molecule has 1 aromatic carbocycles. The lowest BCUT2D eigenvalue weighted by molar-refractivity contribution is -0.140. The van der Waals surface area contributed by atoms with Gasteiger partial charge in [0.15, 0.2) is 0 Å². The van der Waals surface area contributed by atoms with E-state index in [1.165, 1.54) is 11.8 Å². The molecule has 0 amide bonds. The minimum absolute atomic E-state index is 0.0349. The van der Waals surface area contributed by atoms with Crippen LogP contribution in [0.3, 0.4) is 0 Å². The molecule has 1 heterocycles. The first-order valence-corrected chi connectivity index (χ1v) is 11.8. The highest BCUT2D eigenvalue weighted by atomic mass is 32.2. The van der Waals surface area contributed by atoms with Crippen molar-refractivity contribution in [2.75, 3.05) is 25.2 Å². The lowest BCUT2D eigenvalue weighted by Gasteiger charge is -2.17. The second-order valence-electron chi connectivity index (χ2n) is 6.42. The van der Waals surface area contributed by atoms with Gasteiger partial charge in [-0.05, 0) is 42.2 Å². The fourth-order valence-electron chi connectivity index (χ4n) is 2.44. The fraction of sp³-hybridized carbons (Fsp3) is 0.364. The predicted octanol–water partition coefficient (Wildman–Crippen LogP) is 4.04. The number of rotatable bonds is 12. The number of nitrogens with one attached hydrogen (secondary N) is 1. The number of ether oxygens (including phenoxy) is 1. The van der Waals surface area contributed by atoms with Crippen molar-refractivity contribution in [3.8, 4) is 17.6 Å². The molecule has 1 aromatic heterocycles. The van der Waals surface area contributed by atoms with Crippen LogP contribution in [0.2, 0.25) is 0 Å². The number of pyridine rings is 1. The number of benzene rings is 1. The summed E-state index contributed by atoms with van der Waals surface area (Å²) in [6.45, 7) is -0.136. The lowest BCUT2D eigenvalue weighted by atomic mass is 10.1. The van der Waals surface area contributed by atoms with Gasteiger partial charge in [-0.3, -0.25) is 15.1 Å². The third-order valence-electron chi connectivity index (χ3n) is 4.12. The number of carboxylic acid groups (broad SMARTS) is 1. The lowest BCUT2D eigenvalue weighted by Crippen LogP contribution is -2.40. The summed E-state index contributed by atoms with van der Waals surface area (Å²) in [4.78, 5) is 16.6. The smallest absolute Gasteiger partial charge is 0.308 e. The molecular formula is C22H24F2N2O3S2. The number of carbonyl (C=O) groups is 1. The average Bonchev–Trinajstić information content (AvgIpc) is 2.77. The summed E-state index contributed by atoms with van der Waals surface area (Å²) in [5.74, 6) is 4.67. The van der Waals surface area contributed by atoms with Crippen molar-refractivity contribution < 1.29 is 23.4 Å². The molecule has 0 fully saturated rings. The second kappa shape index (κ2) is 13.9. The molecule has 5 nitrogen and oxygen atoms in total. The molecule has 2 atom stereocenters. The molecule has 0 aliphatic rings. The molecule has 0 saturated carbocycles. The Kier molecular flexibility index (Phi) is 11.2. The van der Waals surface area contributed by atoms with Gasteiger partial charge in [0, 0.05) is 35.3 Å². The van der Waals surface area contributed by atoms with Gasteiger partial charge in [-0.15, -0.1) is 11.8 Å². The number of nitrogens with zero attached hydrogens (tertiary/aromatic N) is 1. The minimum Gasteiger partial charge on any atom is -0.481 e. The Morgan fingerprint density at radius 3 is 2.68 bits per heavy atom. The standard InChI is InChI=1S/C22H24F2N2O3S2/c1-30-19-8-6-18(7-9-19)29-11-3-5-20(21(23)24)26-13-17(22(27)28)15-31-14-16-4-2-10-25-12-16/h2,4,6-10,12,17,20-21,26H,11,13-15H2,1H3,(H,27,28)/t17?,20-/m0/s1. The average molecular weight is 467 g/mol. The molecule has 0 radical (unpaired) electrons. The van der Waals surface area contributed by atoms with Gasteiger partial charge >= 0.3 is 5.97 Å². The summed E-state index contributed by atoms with van der Waals surface area (Å²) < 4.78 is 32.0. The summed E-state index contributed by atoms with van der Waals surface area (Å²) >= 11 is 3.02. The minimum atomic E-state index is -2.74. The molecule has 9 heteroatoms. The molecule has 2 rings (SSSR count). The number of carboxylic acids is 1. The van der Waals surface area contributed by atoms with Crippen LogP contribution < -0.4 is 10.1 Å². The topological polar surface area (TPSA) is 71.5 Å². The van der Waals surface area contributed by atoms with Crippen LogP contribution in [0, 0.1) is 17.8 Å². The highest BCUT2D eigenvalue weighted by molar-refractivity contribution is 7.98. The highest BCUT2D eigenvalue weighted by Gasteiger charge is 2.22. The van der Waals surface area contributed by atoms with E-state index >= 15 is 0 Å². The SMILES string of the molecule is CSc1ccc(OCC#C[C@H](NCC(CSCc2cccnc2)C(=O)O)C(F)F)cc1. The number of hydrogen-bond donors (Lipinski definition) is 2. The zero-order valence-corrected chi connectivity index (χ0v) is 18.6. The van der Waals surface area contributed by atoms with Gasteiger partial charge < -0.3 is 9.84 Å². The van der Waals surface area contributed by atoms with Crippen molar-refractivity contribution >= 4 is 29.5 Å². The molecule has 0 saturated heterocycles. The van der Waals surface area contributed by atoms with Crippen molar-refractivity contribution in [1.29, 1.82) is 0 Å². The molecule has 2 N–H and O–H groups in total. The first-order valence-electron chi connectivity index (χ1n) is 9.45. The zero-order valence-electron chi connectivity index (χ0n) is 17.0. The predicted molar refractivity (Wildman–Crippen MR) is 121 cm³/mol. The van der Waals surface area contributed by atoms with Gasteiger partial charge in [-0.2, -0.15) is 11.8 Å². The van der Waals surface area contributed by atoms with E-state index < -0.39 is 24.4 Å². The van der Waals surface area contributed by atoms with E-state index in [-0.39, 0.29) is 18.9 Å². The molecule has 0 aliphatic carbocycles. The number of alkyl halides is 2. The van der Waals surface area contributed by atoms with E-state index in [0.717, 1.165) is 10.5 Å². The van der Waals surface area contributed by atoms with Crippen molar-refractivity contribution in [2.24, 2.45) is 5.92 Å². The van der Waals surface area contributed by atoms with Gasteiger partial charge in [0.05, 0.1) is 5.92 Å². The van der Waals surface area contributed by atoms with Crippen LogP contribution in [0.1, 0.15) is 5.56 Å². The van der Waals surface area contributed by atoms with Crippen molar-refractivity contribution in [3.63, 3.8) is 0 Å². The van der Waals surface area contributed by atoms with Crippen molar-refractivity contribution in [3.05, 3.63) is 54.4 Å². The van der Waals surface area contributed by atoms with Gasteiger partial charge in [-0.1, -0.05) is 17.9 Å². The third-order valence-corrected chi connectivity index (χ3v) is 6.04. The van der Waals surface area contributed by atoms with Crippen LogP contribution in [0.4, 0.5) is 8.78 Å². The van der Waals surface area contributed by atoms with Gasteiger partial charge in [0.25, 0.3) is 6.43 Å². The van der Waals surface area contributed by atoms with Crippen LogP contribution >= 0.6 is 23.5 Å². The fourth-order valence-corrected chi connectivity index (χ4v) is 3.91. The molecule has 2 aromatic rings. The highest BCUT2D eigenvalue weighted by Crippen LogP contribution is 2.19. The largest absolute Gasteiger partial charge is 0.481 e. The second-order valence-corrected chi connectivity index (χ2v) is 8.33. The quantitative estimate of drug-likeness (QED) is 0.361. The Labute approximate surface area is 189 Å². The molecule has 31 heavy (non-hydrogen) atoms. The zero-order chi connectivity index (χ0) is 22.5. The van der Waals surface area contributed by atoms with Crippen LogP contribution in [0.15, 0.2) is 53.7 Å². The van der Waals surface area contributed by atoms with Crippen molar-refractivity contribution in [2.45, 2.75) is 23.1 Å². The maximum atomic E-state index is 13.3. The number of aliphatic carboxylic acids is 1. The maximum Gasteiger partial charge on any atom is 0.308 e. The first kappa shape index (κ1) is 25.0. The van der Waals surface area contributed by atoms with Crippen LogP contribution in [0.25, 0.3) is 0 Å². The van der Waals surface area contributed by atoms with E-state index in [1.54, 1.807) is 42.4 Å². The summed E-state index contributed by atoms with van der Waals surface area (Å²) in [5, 5.41) is 12.0. The number of aromatic nitrogens is 1. The Bertz CT molecular complexity index is 859. The van der Waals surface area contributed by atoms with E-state index in [2.05, 4.69) is 22.1 Å². The van der Waals surface area contributed by atoms with E-state index in [1.807, 2.05) is 24.5 Å². The first-order chi connectivity index (χ1) is 15.0. The van der Waals surface area contributed by atoms with E-state index in [0.29, 0.717) is 11.5 Å². The van der Waals surface area contributed by atoms with Gasteiger partial charge in [0.1, 0.15) is 18.4 Å². The maximum absolute atomic E-state index is 13.3. The molecule has 0 bridgehead atoms. The van der Waals surface area contributed by atoms with Crippen LogP contribution in [0.5, 0.6) is 5.75 Å². The Hall–Kier alpha value is -2.28. The van der Waals surface area contributed by atoms with E-state index in [9.17, 15) is 18.7 Å². The van der Waals surface area contributed by atoms with Crippen LogP contribution in [-0.4, -0.2) is 53.7 Å². The number of halogens is 2. The Balaban J connectivity index is 1.80. The molecule has 0 spiro atoms. The molecular weight excluding hydrogens is 442 g/mol.